The highest BCUT2D eigenvalue weighted by Crippen LogP contribution is 2.89. The molecule has 1 aromatic carbocycles. The molecule has 3 aliphatic carbocycles. The highest BCUT2D eigenvalue weighted by molar-refractivity contribution is 5.55. The average molecular weight is 316 g/mol. The van der Waals surface area contributed by atoms with Crippen LogP contribution in [0.25, 0.3) is 0 Å². The van der Waals surface area contributed by atoms with Crippen LogP contribution >= 0.6 is 0 Å². The molecule has 2 saturated carbocycles. The van der Waals surface area contributed by atoms with Crippen LogP contribution in [0, 0.1) is 16.7 Å². The smallest absolute Gasteiger partial charge is 0.127 e. The van der Waals surface area contributed by atoms with Crippen molar-refractivity contribution in [3.8, 4) is 0 Å². The van der Waals surface area contributed by atoms with Gasteiger partial charge in [-0.2, -0.15) is 0 Å². The van der Waals surface area contributed by atoms with Gasteiger partial charge in [0.1, 0.15) is 16.8 Å². The topological polar surface area (TPSA) is 73.2 Å². The number of rotatable bonds is 1. The van der Waals surface area contributed by atoms with Crippen molar-refractivity contribution < 1.29 is 20.1 Å². The third-order valence-corrected chi connectivity index (χ3v) is 8.19. The Labute approximate surface area is 136 Å². The second-order valence-corrected chi connectivity index (χ2v) is 8.80. The molecule has 4 nitrogen and oxygen atoms in total. The summed E-state index contributed by atoms with van der Waals surface area (Å²) >= 11 is 0. The minimum Gasteiger partial charge on any atom is -0.393 e. The Morgan fingerprint density at radius 2 is 1.83 bits per heavy atom. The summed E-state index contributed by atoms with van der Waals surface area (Å²) in [4.78, 5) is 0. The summed E-state index contributed by atoms with van der Waals surface area (Å²) < 4.78 is 6.48. The van der Waals surface area contributed by atoms with Gasteiger partial charge in [-0.05, 0) is 23.0 Å². The van der Waals surface area contributed by atoms with Gasteiger partial charge in [0.2, 0.25) is 0 Å². The van der Waals surface area contributed by atoms with Gasteiger partial charge < -0.3 is 20.1 Å². The molecule has 4 aliphatic rings. The molecule has 1 heterocycles. The first-order valence-electron chi connectivity index (χ1n) is 8.53. The predicted octanol–water partition coefficient (Wildman–Crippen LogP) is 1.66. The fourth-order valence-electron chi connectivity index (χ4n) is 6.77. The Morgan fingerprint density at radius 3 is 2.48 bits per heavy atom. The van der Waals surface area contributed by atoms with E-state index >= 15 is 0 Å². The molecule has 5 rings (SSSR count). The van der Waals surface area contributed by atoms with Gasteiger partial charge in [0.15, 0.2) is 0 Å². The fraction of sp³-hybridized carbons (Fsp3) is 0.684. The number of ether oxygens (including phenoxy) is 1. The van der Waals surface area contributed by atoms with Crippen molar-refractivity contribution in [2.45, 2.75) is 56.5 Å². The summed E-state index contributed by atoms with van der Waals surface area (Å²) in [6.45, 7) is 6.22. The summed E-state index contributed by atoms with van der Waals surface area (Å²) in [5.41, 5.74) is -1.02. The van der Waals surface area contributed by atoms with E-state index in [-0.39, 0.29) is 17.9 Å². The minimum absolute atomic E-state index is 0.0848. The Balaban J connectivity index is 1.83. The van der Waals surface area contributed by atoms with E-state index in [1.807, 2.05) is 24.3 Å². The number of hydrogen-bond acceptors (Lipinski definition) is 4. The van der Waals surface area contributed by atoms with Gasteiger partial charge in [-0.25, -0.2) is 0 Å². The first kappa shape index (κ1) is 14.4. The molecule has 0 radical (unpaired) electrons. The maximum atomic E-state index is 11.2. The van der Waals surface area contributed by atoms with Crippen LogP contribution < -0.4 is 0 Å². The number of aliphatic hydroxyl groups excluding tert-OH is 2. The maximum absolute atomic E-state index is 11.2. The van der Waals surface area contributed by atoms with Gasteiger partial charge in [-0.3, -0.25) is 0 Å². The van der Waals surface area contributed by atoms with Gasteiger partial charge in [0.25, 0.3) is 0 Å². The molecule has 6 atom stereocenters. The van der Waals surface area contributed by atoms with Crippen molar-refractivity contribution in [2.75, 3.05) is 6.61 Å². The highest BCUT2D eigenvalue weighted by Gasteiger charge is 2.96. The molecule has 3 fully saturated rings. The van der Waals surface area contributed by atoms with Crippen molar-refractivity contribution in [1.29, 1.82) is 0 Å². The Morgan fingerprint density at radius 1 is 1.17 bits per heavy atom. The summed E-state index contributed by atoms with van der Waals surface area (Å²) in [7, 11) is 0. The van der Waals surface area contributed by atoms with Gasteiger partial charge >= 0.3 is 0 Å². The zero-order valence-electron chi connectivity index (χ0n) is 13.8. The van der Waals surface area contributed by atoms with Crippen molar-refractivity contribution >= 4 is 0 Å². The quantitative estimate of drug-likeness (QED) is 0.689. The highest BCUT2D eigenvalue weighted by atomic mass is 16.6. The Bertz CT molecular complexity index is 730. The molecule has 23 heavy (non-hydrogen) atoms. The molecular weight excluding hydrogens is 292 g/mol. The average Bonchev–Trinajstić information content (AvgIpc) is 3.15. The SMILES string of the molecule is CC1(C)[C@H]2C[C@H](O)[C@]1(C)[C@@]13C[C@](O)(CO)c4ccccc4[C@@]21O3. The van der Waals surface area contributed by atoms with Gasteiger partial charge in [-0.15, -0.1) is 0 Å². The van der Waals surface area contributed by atoms with E-state index in [0.717, 1.165) is 17.5 Å². The summed E-state index contributed by atoms with van der Waals surface area (Å²) in [6.07, 6.45) is 0.643. The molecule has 2 bridgehead atoms. The third-order valence-electron chi connectivity index (χ3n) is 8.19. The van der Waals surface area contributed by atoms with Crippen LogP contribution in [-0.2, 0) is 15.9 Å². The molecule has 0 amide bonds. The van der Waals surface area contributed by atoms with Crippen LogP contribution in [0.15, 0.2) is 24.3 Å². The maximum Gasteiger partial charge on any atom is 0.127 e. The Kier molecular flexibility index (Phi) is 2.21. The predicted molar refractivity (Wildman–Crippen MR) is 83.5 cm³/mol. The Hall–Kier alpha value is -0.940. The molecule has 0 unspecified atom stereocenters. The van der Waals surface area contributed by atoms with E-state index in [1.54, 1.807) is 0 Å². The molecule has 1 aromatic rings. The lowest BCUT2D eigenvalue weighted by atomic mass is 9.57. The fourth-order valence-corrected chi connectivity index (χ4v) is 6.77. The lowest BCUT2D eigenvalue weighted by Crippen LogP contribution is -2.55. The zero-order valence-corrected chi connectivity index (χ0v) is 13.8. The van der Waals surface area contributed by atoms with E-state index in [9.17, 15) is 15.3 Å². The number of aliphatic hydroxyl groups is 3. The van der Waals surface area contributed by atoms with E-state index in [2.05, 4.69) is 20.8 Å². The van der Waals surface area contributed by atoms with Crippen LogP contribution in [0.3, 0.4) is 0 Å². The molecule has 1 aliphatic heterocycles. The van der Waals surface area contributed by atoms with Crippen molar-refractivity contribution in [1.82, 2.24) is 0 Å². The van der Waals surface area contributed by atoms with E-state index in [4.69, 9.17) is 4.74 Å². The summed E-state index contributed by atoms with van der Waals surface area (Å²) in [5, 5.41) is 31.9. The number of epoxide rings is 1. The number of hydrogen-bond donors (Lipinski definition) is 3. The number of benzene rings is 1. The minimum atomic E-state index is -1.31. The first-order chi connectivity index (χ1) is 10.7. The van der Waals surface area contributed by atoms with E-state index in [1.165, 1.54) is 0 Å². The molecule has 124 valence electrons. The normalized spacial score (nSPS) is 54.3. The van der Waals surface area contributed by atoms with Gasteiger partial charge in [0, 0.05) is 17.8 Å². The second kappa shape index (κ2) is 3.52. The van der Waals surface area contributed by atoms with Crippen molar-refractivity contribution in [3.05, 3.63) is 35.4 Å². The molecule has 0 spiro atoms. The molecule has 1 saturated heterocycles. The molecule has 0 aromatic heterocycles. The van der Waals surface area contributed by atoms with Crippen molar-refractivity contribution in [3.63, 3.8) is 0 Å². The zero-order chi connectivity index (χ0) is 16.5. The third kappa shape index (κ3) is 1.08. The standard InChI is InChI=1S/C19H24O4/c1-15(2)13-8-14(21)16(15,3)18-9-17(22,10-20)11-6-4-5-7-12(11)19(13,18)23-18/h4-7,13-14,20-22H,8-10H2,1-3H3/t13-,14+,16+,17+,18+,19-/m1/s1. The van der Waals surface area contributed by atoms with Crippen molar-refractivity contribution in [2.24, 2.45) is 16.7 Å². The van der Waals surface area contributed by atoms with Crippen LogP contribution in [0.4, 0.5) is 0 Å². The van der Waals surface area contributed by atoms with Crippen LogP contribution in [-0.4, -0.2) is 33.6 Å². The van der Waals surface area contributed by atoms with E-state index < -0.39 is 28.3 Å². The molecular formula is C19H24O4. The monoisotopic (exact) mass is 316 g/mol. The lowest BCUT2D eigenvalue weighted by Gasteiger charge is -2.46. The van der Waals surface area contributed by atoms with Gasteiger partial charge in [0.05, 0.1) is 12.7 Å². The van der Waals surface area contributed by atoms with E-state index in [0.29, 0.717) is 6.42 Å². The second-order valence-electron chi connectivity index (χ2n) is 8.80. The summed E-state index contributed by atoms with van der Waals surface area (Å²) in [6, 6.07) is 7.81. The van der Waals surface area contributed by atoms with Crippen LogP contribution in [0.2, 0.25) is 0 Å². The summed E-state index contributed by atoms with van der Waals surface area (Å²) in [5.74, 6) is 0.222. The van der Waals surface area contributed by atoms with Gasteiger partial charge in [-0.1, -0.05) is 45.0 Å². The molecule has 4 heteroatoms. The largest absolute Gasteiger partial charge is 0.393 e. The molecule has 3 N–H and O–H groups in total. The first-order valence-corrected chi connectivity index (χ1v) is 8.53. The number of fused-ring (bicyclic) bond motifs is 3. The van der Waals surface area contributed by atoms with Crippen LogP contribution in [0.5, 0.6) is 0 Å². The van der Waals surface area contributed by atoms with Crippen LogP contribution in [0.1, 0.15) is 44.7 Å². The lowest BCUT2D eigenvalue weighted by molar-refractivity contribution is -0.108.